The molecule has 0 fully saturated rings. The van der Waals surface area contributed by atoms with Gasteiger partial charge in [0.05, 0.1) is 18.6 Å². The van der Waals surface area contributed by atoms with Gasteiger partial charge in [0.25, 0.3) is 0 Å². The molecule has 1 atom stereocenters. The van der Waals surface area contributed by atoms with Crippen LogP contribution >= 0.6 is 0 Å². The van der Waals surface area contributed by atoms with Gasteiger partial charge in [0.1, 0.15) is 11.8 Å². The van der Waals surface area contributed by atoms with E-state index < -0.39 is 28.5 Å². The van der Waals surface area contributed by atoms with Crippen LogP contribution in [-0.2, 0) is 26.2 Å². The number of likely N-dealkylation sites (N-methyl/N-ethyl adjacent to an activating group) is 1. The first-order chi connectivity index (χ1) is 17.0. The summed E-state index contributed by atoms with van der Waals surface area (Å²) in [6, 6.07) is 18.6. The van der Waals surface area contributed by atoms with E-state index >= 15 is 0 Å². The molecule has 0 aliphatic carbocycles. The van der Waals surface area contributed by atoms with Gasteiger partial charge in [-0.3, -0.25) is 9.59 Å². The highest BCUT2D eigenvalue weighted by atomic mass is 32.2. The molecule has 1 N–H and O–H groups in total. The van der Waals surface area contributed by atoms with Gasteiger partial charge in [-0.2, -0.15) is 4.31 Å². The molecule has 0 saturated carbocycles. The number of nitrogens with one attached hydrogen (secondary N) is 1. The zero-order valence-corrected chi connectivity index (χ0v) is 22.1. The number of rotatable bonds is 10. The summed E-state index contributed by atoms with van der Waals surface area (Å²) in [5.74, 6) is -0.126. The number of nitrogens with zero attached hydrogens (tertiary/aromatic N) is 2. The second-order valence-electron chi connectivity index (χ2n) is 8.98. The average Bonchev–Trinajstić information content (AvgIpc) is 2.86. The number of benzene rings is 3. The van der Waals surface area contributed by atoms with Crippen LogP contribution in [0.2, 0.25) is 0 Å². The number of fused-ring (bicyclic) bond motifs is 1. The van der Waals surface area contributed by atoms with Crippen molar-refractivity contribution in [1.82, 2.24) is 14.5 Å². The Labute approximate surface area is 212 Å². The van der Waals surface area contributed by atoms with Crippen molar-refractivity contribution in [3.8, 4) is 5.75 Å². The van der Waals surface area contributed by atoms with Crippen molar-refractivity contribution in [3.05, 3.63) is 72.3 Å². The second-order valence-corrected chi connectivity index (χ2v) is 11.0. The molecule has 0 radical (unpaired) electrons. The quantitative estimate of drug-likeness (QED) is 0.450. The van der Waals surface area contributed by atoms with Crippen LogP contribution < -0.4 is 10.1 Å². The average molecular weight is 512 g/mol. The molecular formula is C27H33N3O5S. The molecular weight excluding hydrogens is 478 g/mol. The van der Waals surface area contributed by atoms with Crippen molar-refractivity contribution in [3.63, 3.8) is 0 Å². The molecule has 3 rings (SSSR count). The zero-order chi connectivity index (χ0) is 26.5. The minimum absolute atomic E-state index is 0.101. The van der Waals surface area contributed by atoms with Gasteiger partial charge >= 0.3 is 0 Å². The van der Waals surface area contributed by atoms with Crippen LogP contribution in [0.25, 0.3) is 10.8 Å². The lowest BCUT2D eigenvalue weighted by Gasteiger charge is -2.30. The molecule has 3 aromatic rings. The van der Waals surface area contributed by atoms with E-state index in [-0.39, 0.29) is 23.4 Å². The monoisotopic (exact) mass is 511 g/mol. The van der Waals surface area contributed by atoms with E-state index in [4.69, 9.17) is 4.74 Å². The third kappa shape index (κ3) is 6.41. The molecule has 2 amide bonds. The fourth-order valence-electron chi connectivity index (χ4n) is 3.79. The highest BCUT2D eigenvalue weighted by molar-refractivity contribution is 7.89. The first-order valence-corrected chi connectivity index (χ1v) is 13.1. The molecule has 0 aromatic heterocycles. The molecule has 0 heterocycles. The van der Waals surface area contributed by atoms with Gasteiger partial charge in [0.2, 0.25) is 21.8 Å². The summed E-state index contributed by atoms with van der Waals surface area (Å²) >= 11 is 0. The van der Waals surface area contributed by atoms with Crippen LogP contribution in [0.3, 0.4) is 0 Å². The maximum Gasteiger partial charge on any atom is 0.243 e. The summed E-state index contributed by atoms with van der Waals surface area (Å²) in [7, 11) is -1.00. The molecule has 0 bridgehead atoms. The number of hydrogen-bond acceptors (Lipinski definition) is 5. The van der Waals surface area contributed by atoms with Crippen molar-refractivity contribution in [2.45, 2.75) is 44.3 Å². The minimum atomic E-state index is -3.94. The largest absolute Gasteiger partial charge is 0.497 e. The van der Waals surface area contributed by atoms with Crippen molar-refractivity contribution in [2.75, 3.05) is 20.7 Å². The summed E-state index contributed by atoms with van der Waals surface area (Å²) in [6.07, 6.45) is 0. The number of carbonyl (C=O) groups excluding carboxylic acids is 2. The molecule has 8 nitrogen and oxygen atoms in total. The van der Waals surface area contributed by atoms with Crippen LogP contribution in [0.15, 0.2) is 71.6 Å². The van der Waals surface area contributed by atoms with E-state index in [0.717, 1.165) is 20.6 Å². The number of ether oxygens (including phenoxy) is 1. The highest BCUT2D eigenvalue weighted by Gasteiger charge is 2.30. The van der Waals surface area contributed by atoms with E-state index in [9.17, 15) is 18.0 Å². The van der Waals surface area contributed by atoms with Crippen LogP contribution in [0.4, 0.5) is 0 Å². The number of sulfonamides is 1. The van der Waals surface area contributed by atoms with E-state index in [1.807, 2.05) is 50.2 Å². The lowest BCUT2D eigenvalue weighted by Crippen LogP contribution is -2.51. The Kier molecular flexibility index (Phi) is 8.70. The van der Waals surface area contributed by atoms with Gasteiger partial charge in [0.15, 0.2) is 0 Å². The minimum Gasteiger partial charge on any atom is -0.497 e. The van der Waals surface area contributed by atoms with Gasteiger partial charge in [-0.15, -0.1) is 0 Å². The smallest absolute Gasteiger partial charge is 0.243 e. The highest BCUT2D eigenvalue weighted by Crippen LogP contribution is 2.22. The van der Waals surface area contributed by atoms with E-state index in [0.29, 0.717) is 5.75 Å². The van der Waals surface area contributed by atoms with Gasteiger partial charge in [-0.25, -0.2) is 8.42 Å². The van der Waals surface area contributed by atoms with Gasteiger partial charge in [-0.05, 0) is 61.4 Å². The molecule has 0 unspecified atom stereocenters. The first-order valence-electron chi connectivity index (χ1n) is 11.7. The normalized spacial score (nSPS) is 12.5. The first kappa shape index (κ1) is 27.2. The lowest BCUT2D eigenvalue weighted by molar-refractivity contribution is -0.140. The van der Waals surface area contributed by atoms with E-state index in [1.165, 1.54) is 18.0 Å². The molecule has 0 spiro atoms. The summed E-state index contributed by atoms with van der Waals surface area (Å²) in [5, 5.41) is 4.54. The molecule has 192 valence electrons. The summed E-state index contributed by atoms with van der Waals surface area (Å²) in [5.41, 5.74) is 0.786. The molecule has 0 aliphatic rings. The maximum absolute atomic E-state index is 13.4. The van der Waals surface area contributed by atoms with E-state index in [1.54, 1.807) is 38.3 Å². The SMILES string of the molecule is COc1ccc(CN(C(=O)CN(C)S(=O)(=O)c2ccc3ccccc3c2)[C@H](C)C(=O)NC(C)C)cc1. The molecule has 0 saturated heterocycles. The predicted molar refractivity (Wildman–Crippen MR) is 140 cm³/mol. The molecule has 9 heteroatoms. The van der Waals surface area contributed by atoms with Crippen molar-refractivity contribution in [1.29, 1.82) is 0 Å². The van der Waals surface area contributed by atoms with E-state index in [2.05, 4.69) is 5.32 Å². The van der Waals surface area contributed by atoms with Crippen LogP contribution in [-0.4, -0.2) is 62.2 Å². The predicted octanol–water partition coefficient (Wildman–Crippen LogP) is 3.41. The number of methoxy groups -OCH3 is 1. The summed E-state index contributed by atoms with van der Waals surface area (Å²) in [4.78, 5) is 27.7. The third-order valence-electron chi connectivity index (χ3n) is 5.90. The second kappa shape index (κ2) is 11.5. The molecule has 3 aromatic carbocycles. The topological polar surface area (TPSA) is 96.0 Å². The van der Waals surface area contributed by atoms with Crippen molar-refractivity contribution >= 4 is 32.6 Å². The Bertz CT molecular complexity index is 1320. The molecule has 0 aliphatic heterocycles. The Morgan fingerprint density at radius 2 is 1.58 bits per heavy atom. The Balaban J connectivity index is 1.84. The number of hydrogen-bond donors (Lipinski definition) is 1. The fraction of sp³-hybridized carbons (Fsp3) is 0.333. The Morgan fingerprint density at radius 1 is 0.944 bits per heavy atom. The van der Waals surface area contributed by atoms with Gasteiger partial charge in [-0.1, -0.05) is 42.5 Å². The Hall–Kier alpha value is -3.43. The standard InChI is InChI=1S/C27H33N3O5S/c1-19(2)28-27(32)20(3)30(17-21-10-13-24(35-5)14-11-21)26(31)18-29(4)36(33,34)25-15-12-22-8-6-7-9-23(22)16-25/h6-16,19-20H,17-18H2,1-5H3,(H,28,32)/t20-/m1/s1. The van der Waals surface area contributed by atoms with Crippen molar-refractivity contribution < 1.29 is 22.7 Å². The number of amides is 2. The fourth-order valence-corrected chi connectivity index (χ4v) is 4.95. The van der Waals surface area contributed by atoms with Crippen LogP contribution in [0.1, 0.15) is 26.3 Å². The Morgan fingerprint density at radius 3 is 2.19 bits per heavy atom. The summed E-state index contributed by atoms with van der Waals surface area (Å²) < 4.78 is 32.8. The van der Waals surface area contributed by atoms with Crippen LogP contribution in [0.5, 0.6) is 5.75 Å². The third-order valence-corrected chi connectivity index (χ3v) is 7.70. The van der Waals surface area contributed by atoms with Crippen molar-refractivity contribution in [2.24, 2.45) is 0 Å². The maximum atomic E-state index is 13.4. The molecule has 36 heavy (non-hydrogen) atoms. The number of carbonyl (C=O) groups is 2. The van der Waals surface area contributed by atoms with Gasteiger partial charge in [0, 0.05) is 19.6 Å². The zero-order valence-electron chi connectivity index (χ0n) is 21.3. The van der Waals surface area contributed by atoms with Gasteiger partial charge < -0.3 is 15.0 Å². The summed E-state index contributed by atoms with van der Waals surface area (Å²) in [6.45, 7) is 5.04. The lowest BCUT2D eigenvalue weighted by atomic mass is 10.1. The van der Waals surface area contributed by atoms with Crippen LogP contribution in [0, 0.1) is 0 Å².